The molecular formula is C19H29N3O3. The predicted octanol–water partition coefficient (Wildman–Crippen LogP) is 2.45. The molecule has 0 bridgehead atoms. The van der Waals surface area contributed by atoms with E-state index in [1.165, 1.54) is 25.7 Å². The van der Waals surface area contributed by atoms with E-state index in [1.54, 1.807) is 0 Å². The molecule has 1 atom stereocenters. The first-order chi connectivity index (χ1) is 12.2. The summed E-state index contributed by atoms with van der Waals surface area (Å²) in [6, 6.07) is 6.89. The normalized spacial score (nSPS) is 17.0. The van der Waals surface area contributed by atoms with Gasteiger partial charge in [-0.25, -0.2) is 0 Å². The Morgan fingerprint density at radius 3 is 2.64 bits per heavy atom. The first kappa shape index (κ1) is 19.2. The lowest BCUT2D eigenvalue weighted by Crippen LogP contribution is -2.53. The van der Waals surface area contributed by atoms with Crippen LogP contribution in [-0.4, -0.2) is 37.6 Å². The number of rotatable bonds is 10. The number of unbranched alkanes of at least 4 members (excludes halogenated alkanes) is 4. The minimum Gasteiger partial charge on any atom is -0.494 e. The van der Waals surface area contributed by atoms with Crippen molar-refractivity contribution in [2.75, 3.05) is 25.0 Å². The van der Waals surface area contributed by atoms with Gasteiger partial charge in [0.25, 0.3) is 0 Å². The fourth-order valence-electron chi connectivity index (χ4n) is 2.74. The Bertz CT molecular complexity index is 545. The van der Waals surface area contributed by atoms with Gasteiger partial charge in [0.05, 0.1) is 19.1 Å². The number of carbonyl (C=O) groups is 2. The van der Waals surface area contributed by atoms with E-state index in [2.05, 4.69) is 22.9 Å². The van der Waals surface area contributed by atoms with Crippen molar-refractivity contribution in [2.45, 2.75) is 51.5 Å². The summed E-state index contributed by atoms with van der Waals surface area (Å²) in [6.07, 6.45) is 6.18. The molecule has 2 amide bonds. The Morgan fingerprint density at radius 1 is 1.16 bits per heavy atom. The van der Waals surface area contributed by atoms with E-state index in [4.69, 9.17) is 4.74 Å². The first-order valence-electron chi connectivity index (χ1n) is 9.23. The van der Waals surface area contributed by atoms with Gasteiger partial charge in [-0.05, 0) is 30.7 Å². The number of hydrogen-bond acceptors (Lipinski definition) is 4. The maximum Gasteiger partial charge on any atom is 0.237 e. The molecule has 0 radical (unpaired) electrons. The van der Waals surface area contributed by atoms with E-state index in [9.17, 15) is 9.59 Å². The second-order valence-corrected chi connectivity index (χ2v) is 6.34. The van der Waals surface area contributed by atoms with Crippen molar-refractivity contribution in [3.63, 3.8) is 0 Å². The van der Waals surface area contributed by atoms with Gasteiger partial charge in [-0.3, -0.25) is 9.59 Å². The zero-order valence-corrected chi connectivity index (χ0v) is 15.0. The Morgan fingerprint density at radius 2 is 1.92 bits per heavy atom. The smallest absolute Gasteiger partial charge is 0.237 e. The third-order valence-corrected chi connectivity index (χ3v) is 4.18. The summed E-state index contributed by atoms with van der Waals surface area (Å²) in [5, 5.41) is 8.60. The molecule has 1 unspecified atom stereocenters. The summed E-state index contributed by atoms with van der Waals surface area (Å²) < 4.78 is 5.71. The molecule has 25 heavy (non-hydrogen) atoms. The van der Waals surface area contributed by atoms with Crippen LogP contribution in [0.25, 0.3) is 0 Å². The lowest BCUT2D eigenvalue weighted by molar-refractivity contribution is -0.127. The molecule has 0 aliphatic carbocycles. The topological polar surface area (TPSA) is 79.5 Å². The van der Waals surface area contributed by atoms with Gasteiger partial charge in [0.15, 0.2) is 0 Å². The van der Waals surface area contributed by atoms with E-state index in [-0.39, 0.29) is 18.2 Å². The molecule has 3 N–H and O–H groups in total. The minimum atomic E-state index is -0.455. The van der Waals surface area contributed by atoms with Gasteiger partial charge < -0.3 is 20.7 Å². The van der Waals surface area contributed by atoms with E-state index >= 15 is 0 Å². The van der Waals surface area contributed by atoms with E-state index in [0.29, 0.717) is 18.8 Å². The average Bonchev–Trinajstić information content (AvgIpc) is 2.61. The van der Waals surface area contributed by atoms with Gasteiger partial charge in [0.1, 0.15) is 5.75 Å². The van der Waals surface area contributed by atoms with Crippen molar-refractivity contribution in [2.24, 2.45) is 0 Å². The highest BCUT2D eigenvalue weighted by molar-refractivity contribution is 5.95. The number of anilines is 1. The first-order valence-corrected chi connectivity index (χ1v) is 9.23. The summed E-state index contributed by atoms with van der Waals surface area (Å²) in [5.41, 5.74) is 0.705. The van der Waals surface area contributed by atoms with Crippen LogP contribution in [0.3, 0.4) is 0 Å². The van der Waals surface area contributed by atoms with Gasteiger partial charge in [-0.15, -0.1) is 0 Å². The molecule has 0 saturated carbocycles. The van der Waals surface area contributed by atoms with Gasteiger partial charge in [-0.2, -0.15) is 0 Å². The number of carbonyl (C=O) groups excluding carboxylic acids is 2. The maximum atomic E-state index is 12.0. The molecule has 6 nitrogen and oxygen atoms in total. The van der Waals surface area contributed by atoms with Crippen molar-refractivity contribution in [1.29, 1.82) is 0 Å². The van der Waals surface area contributed by atoms with E-state index in [0.717, 1.165) is 18.8 Å². The van der Waals surface area contributed by atoms with Crippen LogP contribution < -0.4 is 20.7 Å². The summed E-state index contributed by atoms with van der Waals surface area (Å²) in [5.74, 6) is 0.505. The highest BCUT2D eigenvalue weighted by Gasteiger charge is 2.23. The molecule has 0 spiro atoms. The number of amides is 2. The molecule has 2 rings (SSSR count). The highest BCUT2D eigenvalue weighted by atomic mass is 16.5. The number of benzene rings is 1. The van der Waals surface area contributed by atoms with Crippen LogP contribution >= 0.6 is 0 Å². The Hall–Kier alpha value is -2.08. The average molecular weight is 347 g/mol. The molecule has 1 fully saturated rings. The standard InChI is InChI=1S/C19H29N3O3/c1-2-3-4-5-6-13-25-16-9-7-15(8-10-16)22-18(23)14-17-19(24)21-12-11-20-17/h7-10,17,20H,2-6,11-14H2,1H3,(H,21,24)(H,22,23). The van der Waals surface area contributed by atoms with Gasteiger partial charge >= 0.3 is 0 Å². The zero-order valence-electron chi connectivity index (χ0n) is 15.0. The number of nitrogens with one attached hydrogen (secondary N) is 3. The third-order valence-electron chi connectivity index (χ3n) is 4.18. The lowest BCUT2D eigenvalue weighted by atomic mass is 10.1. The fourth-order valence-corrected chi connectivity index (χ4v) is 2.74. The van der Waals surface area contributed by atoms with Crippen LogP contribution in [0.4, 0.5) is 5.69 Å². The van der Waals surface area contributed by atoms with Crippen LogP contribution in [-0.2, 0) is 9.59 Å². The molecular weight excluding hydrogens is 318 g/mol. The van der Waals surface area contributed by atoms with E-state index < -0.39 is 6.04 Å². The van der Waals surface area contributed by atoms with Gasteiger partial charge in [-0.1, -0.05) is 32.6 Å². The molecule has 1 aliphatic heterocycles. The quantitative estimate of drug-likeness (QED) is 0.568. The molecule has 6 heteroatoms. The van der Waals surface area contributed by atoms with Crippen LogP contribution in [0.5, 0.6) is 5.75 Å². The largest absolute Gasteiger partial charge is 0.494 e. The maximum absolute atomic E-state index is 12.0. The fraction of sp³-hybridized carbons (Fsp3) is 0.579. The van der Waals surface area contributed by atoms with Crippen molar-refractivity contribution in [1.82, 2.24) is 10.6 Å². The van der Waals surface area contributed by atoms with Crippen molar-refractivity contribution >= 4 is 17.5 Å². The number of piperazine rings is 1. The number of ether oxygens (including phenoxy) is 1. The molecule has 1 aromatic carbocycles. The van der Waals surface area contributed by atoms with Crippen LogP contribution in [0, 0.1) is 0 Å². The Labute approximate surface area is 149 Å². The van der Waals surface area contributed by atoms with Crippen LogP contribution in [0.15, 0.2) is 24.3 Å². The third kappa shape index (κ3) is 7.13. The van der Waals surface area contributed by atoms with Crippen molar-refractivity contribution in [3.8, 4) is 5.75 Å². The summed E-state index contributed by atoms with van der Waals surface area (Å²) in [7, 11) is 0. The predicted molar refractivity (Wildman–Crippen MR) is 98.7 cm³/mol. The second kappa shape index (κ2) is 10.7. The lowest BCUT2D eigenvalue weighted by Gasteiger charge is -2.22. The minimum absolute atomic E-state index is 0.121. The van der Waals surface area contributed by atoms with Crippen molar-refractivity contribution < 1.29 is 14.3 Å². The van der Waals surface area contributed by atoms with Crippen LogP contribution in [0.2, 0.25) is 0 Å². The van der Waals surface area contributed by atoms with Crippen LogP contribution in [0.1, 0.15) is 45.4 Å². The Kier molecular flexibility index (Phi) is 8.25. The molecule has 1 heterocycles. The second-order valence-electron chi connectivity index (χ2n) is 6.34. The molecule has 0 aromatic heterocycles. The molecule has 1 saturated heterocycles. The summed E-state index contributed by atoms with van der Waals surface area (Å²) in [4.78, 5) is 23.7. The van der Waals surface area contributed by atoms with Gasteiger partial charge in [0, 0.05) is 18.8 Å². The number of hydrogen-bond donors (Lipinski definition) is 3. The summed E-state index contributed by atoms with van der Waals surface area (Å²) >= 11 is 0. The molecule has 1 aromatic rings. The van der Waals surface area contributed by atoms with E-state index in [1.807, 2.05) is 24.3 Å². The van der Waals surface area contributed by atoms with Crippen molar-refractivity contribution in [3.05, 3.63) is 24.3 Å². The SMILES string of the molecule is CCCCCCCOc1ccc(NC(=O)CC2NCCNC2=O)cc1. The summed E-state index contributed by atoms with van der Waals surface area (Å²) in [6.45, 7) is 4.22. The monoisotopic (exact) mass is 347 g/mol. The zero-order chi connectivity index (χ0) is 17.9. The highest BCUT2D eigenvalue weighted by Crippen LogP contribution is 2.16. The molecule has 1 aliphatic rings. The molecule has 138 valence electrons. The van der Waals surface area contributed by atoms with Gasteiger partial charge in [0.2, 0.25) is 11.8 Å². The Balaban J connectivity index is 1.68.